The van der Waals surface area contributed by atoms with Crippen LogP contribution in [-0.2, 0) is 9.05 Å². The lowest BCUT2D eigenvalue weighted by Crippen LogP contribution is -2.01. The zero-order valence-electron chi connectivity index (χ0n) is 7.34. The van der Waals surface area contributed by atoms with Crippen molar-refractivity contribution in [3.63, 3.8) is 0 Å². The van der Waals surface area contributed by atoms with Gasteiger partial charge in [-0.3, -0.25) is 0 Å². The highest BCUT2D eigenvalue weighted by Gasteiger charge is 2.20. The molecule has 84 valence electrons. The molecule has 3 nitrogen and oxygen atoms in total. The first kappa shape index (κ1) is 12.8. The van der Waals surface area contributed by atoms with Gasteiger partial charge in [-0.05, 0) is 34.5 Å². The van der Waals surface area contributed by atoms with E-state index in [1.807, 2.05) is 0 Å². The van der Waals surface area contributed by atoms with Crippen molar-refractivity contribution in [3.8, 4) is 0 Å². The van der Waals surface area contributed by atoms with Crippen molar-refractivity contribution in [2.45, 2.75) is 18.4 Å². The van der Waals surface area contributed by atoms with Crippen LogP contribution in [0.25, 0.3) is 0 Å². The number of aromatic nitrogens is 1. The molecule has 1 heterocycles. The zero-order chi connectivity index (χ0) is 11.8. The van der Waals surface area contributed by atoms with Gasteiger partial charge in [0.2, 0.25) is 0 Å². The van der Waals surface area contributed by atoms with E-state index in [0.29, 0.717) is 0 Å². The van der Waals surface area contributed by atoms with Gasteiger partial charge in [-0.15, -0.1) is 0 Å². The summed E-state index contributed by atoms with van der Waals surface area (Å²) in [5.41, 5.74) is -0.217. The summed E-state index contributed by atoms with van der Waals surface area (Å²) in [6.07, 6.45) is -2.78. The smallest absolute Gasteiger partial charge is 0.228 e. The summed E-state index contributed by atoms with van der Waals surface area (Å²) in [5, 5.41) is -0.586. The van der Waals surface area contributed by atoms with E-state index in [2.05, 4.69) is 20.9 Å². The Morgan fingerprint density at radius 2 is 2.07 bits per heavy atom. The number of hydrogen-bond acceptors (Lipinski definition) is 3. The molecular weight excluding hydrogens is 316 g/mol. The Hall–Kier alpha value is -0.270. The SMILES string of the molecule is Cc1c(C(F)F)cc(S(=O)(=O)Cl)nc1Br. The predicted molar refractivity (Wildman–Crippen MR) is 54.7 cm³/mol. The van der Waals surface area contributed by atoms with Crippen LogP contribution < -0.4 is 0 Å². The normalized spacial score (nSPS) is 12.1. The summed E-state index contributed by atoms with van der Waals surface area (Å²) in [6.45, 7) is 1.41. The molecule has 0 amide bonds. The second kappa shape index (κ2) is 4.31. The first-order valence-corrected chi connectivity index (χ1v) is 6.73. The Labute approximate surface area is 98.0 Å². The topological polar surface area (TPSA) is 47.0 Å². The third-order valence-electron chi connectivity index (χ3n) is 1.71. The lowest BCUT2D eigenvalue weighted by atomic mass is 10.2. The molecule has 0 aliphatic rings. The molecule has 0 bridgehead atoms. The van der Waals surface area contributed by atoms with Gasteiger partial charge in [-0.2, -0.15) is 0 Å². The Kier molecular flexibility index (Phi) is 3.67. The van der Waals surface area contributed by atoms with Gasteiger partial charge in [0.15, 0.2) is 5.03 Å². The van der Waals surface area contributed by atoms with Crippen LogP contribution in [0.3, 0.4) is 0 Å². The van der Waals surface area contributed by atoms with Crippen LogP contribution in [-0.4, -0.2) is 13.4 Å². The molecule has 0 spiro atoms. The first-order chi connectivity index (χ1) is 6.73. The summed E-state index contributed by atoms with van der Waals surface area (Å²) in [5.74, 6) is 0. The minimum Gasteiger partial charge on any atom is -0.228 e. The predicted octanol–water partition coefficient (Wildman–Crippen LogP) is 3.02. The molecule has 0 aliphatic heterocycles. The monoisotopic (exact) mass is 319 g/mol. The molecule has 0 atom stereocenters. The summed E-state index contributed by atoms with van der Waals surface area (Å²) >= 11 is 2.89. The molecule has 0 unspecified atom stereocenters. The Morgan fingerprint density at radius 3 is 2.47 bits per heavy atom. The molecule has 0 saturated heterocycles. The highest BCUT2D eigenvalue weighted by atomic mass is 79.9. The van der Waals surface area contributed by atoms with Crippen molar-refractivity contribution >= 4 is 35.7 Å². The molecule has 0 aromatic carbocycles. The maximum atomic E-state index is 12.5. The molecule has 1 aromatic heterocycles. The van der Waals surface area contributed by atoms with Gasteiger partial charge in [0.25, 0.3) is 15.5 Å². The van der Waals surface area contributed by atoms with E-state index < -0.39 is 26.1 Å². The van der Waals surface area contributed by atoms with Crippen molar-refractivity contribution in [2.75, 3.05) is 0 Å². The fourth-order valence-electron chi connectivity index (χ4n) is 0.925. The average molecular weight is 321 g/mol. The van der Waals surface area contributed by atoms with Gasteiger partial charge in [0.05, 0.1) is 0 Å². The Morgan fingerprint density at radius 1 is 1.53 bits per heavy atom. The number of rotatable bonds is 2. The van der Waals surface area contributed by atoms with Gasteiger partial charge < -0.3 is 0 Å². The van der Waals surface area contributed by atoms with Crippen LogP contribution in [0, 0.1) is 6.92 Å². The number of hydrogen-bond donors (Lipinski definition) is 0. The van der Waals surface area contributed by atoms with Crippen LogP contribution in [0.5, 0.6) is 0 Å². The highest BCUT2D eigenvalue weighted by molar-refractivity contribution is 9.10. The largest absolute Gasteiger partial charge is 0.278 e. The molecule has 1 aromatic rings. The fourth-order valence-corrected chi connectivity index (χ4v) is 2.17. The molecule has 0 saturated carbocycles. The lowest BCUT2D eigenvalue weighted by Gasteiger charge is -2.07. The summed E-state index contributed by atoms with van der Waals surface area (Å²) in [7, 11) is 0.903. The molecule has 0 fully saturated rings. The van der Waals surface area contributed by atoms with Gasteiger partial charge in [-0.1, -0.05) is 0 Å². The fraction of sp³-hybridized carbons (Fsp3) is 0.286. The van der Waals surface area contributed by atoms with E-state index in [-0.39, 0.29) is 10.2 Å². The van der Waals surface area contributed by atoms with Crippen LogP contribution in [0.4, 0.5) is 8.78 Å². The van der Waals surface area contributed by atoms with Crippen LogP contribution in [0.2, 0.25) is 0 Å². The third-order valence-corrected chi connectivity index (χ3v) is 3.67. The average Bonchev–Trinajstić information content (AvgIpc) is 2.06. The summed E-state index contributed by atoms with van der Waals surface area (Å²) in [6, 6.07) is 0.771. The number of alkyl halides is 2. The maximum absolute atomic E-state index is 12.5. The van der Waals surface area contributed by atoms with Crippen molar-refractivity contribution < 1.29 is 17.2 Å². The van der Waals surface area contributed by atoms with E-state index in [1.54, 1.807) is 0 Å². The van der Waals surface area contributed by atoms with Gasteiger partial charge >= 0.3 is 0 Å². The molecule has 15 heavy (non-hydrogen) atoms. The van der Waals surface area contributed by atoms with Crippen molar-refractivity contribution in [1.82, 2.24) is 4.98 Å². The van der Waals surface area contributed by atoms with E-state index >= 15 is 0 Å². The molecular formula is C7H5BrClF2NO2S. The number of halogens is 4. The second-order valence-corrected chi connectivity index (χ2v) is 5.97. The lowest BCUT2D eigenvalue weighted by molar-refractivity contribution is 0.150. The van der Waals surface area contributed by atoms with E-state index in [0.717, 1.165) is 6.07 Å². The van der Waals surface area contributed by atoms with Crippen LogP contribution >= 0.6 is 26.6 Å². The van der Waals surface area contributed by atoms with Crippen molar-refractivity contribution in [2.24, 2.45) is 0 Å². The highest BCUT2D eigenvalue weighted by Crippen LogP contribution is 2.29. The quantitative estimate of drug-likeness (QED) is 0.621. The molecule has 0 N–H and O–H groups in total. The van der Waals surface area contributed by atoms with E-state index in [4.69, 9.17) is 10.7 Å². The maximum Gasteiger partial charge on any atom is 0.278 e. The molecule has 1 rings (SSSR count). The second-order valence-electron chi connectivity index (χ2n) is 2.70. The standard InChI is InChI=1S/C7H5BrClF2NO2S/c1-3-4(7(10)11)2-5(12-6(3)8)15(9,13)14/h2,7H,1H3. The molecule has 8 heteroatoms. The molecule has 0 radical (unpaired) electrons. The summed E-state index contributed by atoms with van der Waals surface area (Å²) in [4.78, 5) is 3.55. The number of nitrogens with zero attached hydrogens (tertiary/aromatic N) is 1. The number of pyridine rings is 1. The molecule has 0 aliphatic carbocycles. The van der Waals surface area contributed by atoms with Crippen LogP contribution in [0.15, 0.2) is 15.7 Å². The summed E-state index contributed by atoms with van der Waals surface area (Å²) < 4.78 is 46.8. The van der Waals surface area contributed by atoms with Crippen molar-refractivity contribution in [1.29, 1.82) is 0 Å². The minimum atomic E-state index is -4.10. The van der Waals surface area contributed by atoms with Crippen molar-refractivity contribution in [3.05, 3.63) is 21.8 Å². The first-order valence-electron chi connectivity index (χ1n) is 3.63. The van der Waals surface area contributed by atoms with Gasteiger partial charge in [-0.25, -0.2) is 22.2 Å². The zero-order valence-corrected chi connectivity index (χ0v) is 10.5. The minimum absolute atomic E-state index is 0.0412. The Balaban J connectivity index is 3.50. The Bertz CT molecular complexity index is 492. The van der Waals surface area contributed by atoms with Crippen LogP contribution in [0.1, 0.15) is 17.6 Å². The van der Waals surface area contributed by atoms with E-state index in [9.17, 15) is 17.2 Å². The van der Waals surface area contributed by atoms with Gasteiger partial charge in [0, 0.05) is 16.2 Å². The van der Waals surface area contributed by atoms with E-state index in [1.165, 1.54) is 6.92 Å². The third kappa shape index (κ3) is 2.85. The van der Waals surface area contributed by atoms with Gasteiger partial charge in [0.1, 0.15) is 4.60 Å².